The molecule has 1 heterocycles. The van der Waals surface area contributed by atoms with Gasteiger partial charge in [-0.05, 0) is 50.9 Å². The third-order valence-electron chi connectivity index (χ3n) is 4.76. The number of halogens is 1. The second kappa shape index (κ2) is 14.2. The summed E-state index contributed by atoms with van der Waals surface area (Å²) in [6.45, 7) is 9.23. The van der Waals surface area contributed by atoms with Crippen molar-refractivity contribution in [2.24, 2.45) is 4.99 Å². The number of rotatable bonds is 10. The van der Waals surface area contributed by atoms with E-state index in [9.17, 15) is 8.42 Å². The van der Waals surface area contributed by atoms with Crippen molar-refractivity contribution in [2.75, 3.05) is 38.5 Å². The molecule has 166 valence electrons. The standard InChI is InChI=1S/C20H35N5O2S.HI/c1-3-21-20(22-12-13-24-28(26,27)4-2)23-16-18-8-10-19(11-9-18)17-25-14-6-5-7-15-25;/h8-11,24H,3-7,12-17H2,1-2H3,(H2,21,22,23);1H. The summed E-state index contributed by atoms with van der Waals surface area (Å²) in [5.74, 6) is 0.783. The predicted molar refractivity (Wildman–Crippen MR) is 131 cm³/mol. The zero-order valence-electron chi connectivity index (χ0n) is 17.6. The average Bonchev–Trinajstić information content (AvgIpc) is 2.71. The molecule has 7 nitrogen and oxygen atoms in total. The molecule has 29 heavy (non-hydrogen) atoms. The molecule has 3 N–H and O–H groups in total. The highest BCUT2D eigenvalue weighted by atomic mass is 127. The van der Waals surface area contributed by atoms with Crippen LogP contribution in [0.15, 0.2) is 29.3 Å². The van der Waals surface area contributed by atoms with E-state index in [0.717, 1.165) is 18.7 Å². The van der Waals surface area contributed by atoms with Crippen LogP contribution in [0.2, 0.25) is 0 Å². The third kappa shape index (κ3) is 10.6. The van der Waals surface area contributed by atoms with E-state index >= 15 is 0 Å². The zero-order valence-corrected chi connectivity index (χ0v) is 20.8. The van der Waals surface area contributed by atoms with Gasteiger partial charge in [-0.1, -0.05) is 30.7 Å². The van der Waals surface area contributed by atoms with E-state index in [1.54, 1.807) is 6.92 Å². The number of benzene rings is 1. The van der Waals surface area contributed by atoms with Crippen LogP contribution in [0.1, 0.15) is 44.2 Å². The molecule has 1 fully saturated rings. The van der Waals surface area contributed by atoms with Crippen LogP contribution >= 0.6 is 24.0 Å². The maximum absolute atomic E-state index is 11.4. The number of aliphatic imine (C=N–C) groups is 1. The molecule has 1 aliphatic rings. The largest absolute Gasteiger partial charge is 0.357 e. The molecule has 0 atom stereocenters. The van der Waals surface area contributed by atoms with Gasteiger partial charge in [0.05, 0.1) is 12.3 Å². The van der Waals surface area contributed by atoms with Crippen molar-refractivity contribution in [1.29, 1.82) is 0 Å². The Labute approximate surface area is 193 Å². The molecule has 1 aromatic rings. The van der Waals surface area contributed by atoms with Crippen LogP contribution in [0.3, 0.4) is 0 Å². The fourth-order valence-electron chi connectivity index (χ4n) is 3.13. The highest BCUT2D eigenvalue weighted by Crippen LogP contribution is 2.13. The number of guanidine groups is 1. The smallest absolute Gasteiger partial charge is 0.211 e. The molecule has 1 saturated heterocycles. The van der Waals surface area contributed by atoms with Crippen molar-refractivity contribution < 1.29 is 8.42 Å². The second-order valence-corrected chi connectivity index (χ2v) is 9.17. The van der Waals surface area contributed by atoms with Gasteiger partial charge in [0.2, 0.25) is 10.0 Å². The monoisotopic (exact) mass is 537 g/mol. The Kier molecular flexibility index (Phi) is 12.8. The molecule has 0 spiro atoms. The molecule has 1 aromatic carbocycles. The summed E-state index contributed by atoms with van der Waals surface area (Å²) in [4.78, 5) is 7.11. The predicted octanol–water partition coefficient (Wildman–Crippen LogP) is 2.28. The molecule has 0 radical (unpaired) electrons. The molecule has 0 bridgehead atoms. The minimum Gasteiger partial charge on any atom is -0.357 e. The summed E-state index contributed by atoms with van der Waals surface area (Å²) >= 11 is 0. The van der Waals surface area contributed by atoms with Crippen molar-refractivity contribution in [3.05, 3.63) is 35.4 Å². The summed E-state index contributed by atoms with van der Waals surface area (Å²) < 4.78 is 25.4. The Hall–Kier alpha value is -0.910. The lowest BCUT2D eigenvalue weighted by atomic mass is 10.1. The number of nitrogens with zero attached hydrogens (tertiary/aromatic N) is 2. The molecule has 1 aliphatic heterocycles. The van der Waals surface area contributed by atoms with E-state index < -0.39 is 10.0 Å². The zero-order chi connectivity index (χ0) is 20.2. The third-order valence-corrected chi connectivity index (χ3v) is 6.17. The van der Waals surface area contributed by atoms with Crippen molar-refractivity contribution in [3.8, 4) is 0 Å². The van der Waals surface area contributed by atoms with Gasteiger partial charge in [0.15, 0.2) is 5.96 Å². The van der Waals surface area contributed by atoms with Gasteiger partial charge in [-0.2, -0.15) is 0 Å². The van der Waals surface area contributed by atoms with E-state index in [2.05, 4.69) is 49.5 Å². The van der Waals surface area contributed by atoms with E-state index in [-0.39, 0.29) is 29.7 Å². The first-order valence-corrected chi connectivity index (χ1v) is 12.0. The number of piperidine rings is 1. The van der Waals surface area contributed by atoms with E-state index in [1.807, 2.05) is 6.92 Å². The quantitative estimate of drug-likeness (QED) is 0.185. The van der Waals surface area contributed by atoms with Crippen LogP contribution < -0.4 is 15.4 Å². The number of sulfonamides is 1. The topological polar surface area (TPSA) is 85.8 Å². The highest BCUT2D eigenvalue weighted by Gasteiger charge is 2.10. The Morgan fingerprint density at radius 1 is 1.00 bits per heavy atom. The van der Waals surface area contributed by atoms with Gasteiger partial charge >= 0.3 is 0 Å². The molecule has 0 unspecified atom stereocenters. The van der Waals surface area contributed by atoms with E-state index in [1.165, 1.54) is 37.9 Å². The Balaban J connectivity index is 0.00000420. The van der Waals surface area contributed by atoms with Crippen LogP contribution in [0.5, 0.6) is 0 Å². The molecule has 2 rings (SSSR count). The minimum atomic E-state index is -3.15. The normalized spacial score (nSPS) is 15.6. The molecular formula is C20H36IN5O2S. The first-order chi connectivity index (χ1) is 13.5. The first-order valence-electron chi connectivity index (χ1n) is 10.3. The lowest BCUT2D eigenvalue weighted by Gasteiger charge is -2.26. The fourth-order valence-corrected chi connectivity index (χ4v) is 3.74. The van der Waals surface area contributed by atoms with Gasteiger partial charge in [-0.3, -0.25) is 4.90 Å². The first kappa shape index (κ1) is 26.1. The number of likely N-dealkylation sites (tertiary alicyclic amines) is 1. The molecule has 0 saturated carbocycles. The van der Waals surface area contributed by atoms with Crippen LogP contribution in [0, 0.1) is 0 Å². The second-order valence-electron chi connectivity index (χ2n) is 7.07. The number of hydrogen-bond donors (Lipinski definition) is 3. The Morgan fingerprint density at radius 3 is 2.28 bits per heavy atom. The van der Waals surface area contributed by atoms with Gasteiger partial charge in [-0.25, -0.2) is 18.1 Å². The molecular weight excluding hydrogens is 501 g/mol. The Morgan fingerprint density at radius 2 is 1.66 bits per heavy atom. The van der Waals surface area contributed by atoms with Crippen molar-refractivity contribution >= 4 is 40.0 Å². The van der Waals surface area contributed by atoms with Gasteiger partial charge in [0, 0.05) is 26.2 Å². The van der Waals surface area contributed by atoms with Gasteiger partial charge in [-0.15, -0.1) is 24.0 Å². The van der Waals surface area contributed by atoms with Gasteiger partial charge in [0.1, 0.15) is 0 Å². The molecule has 0 aromatic heterocycles. The highest BCUT2D eigenvalue weighted by molar-refractivity contribution is 14.0. The number of nitrogens with one attached hydrogen (secondary N) is 3. The fraction of sp³-hybridized carbons (Fsp3) is 0.650. The summed E-state index contributed by atoms with van der Waals surface area (Å²) in [5, 5.41) is 6.34. The lowest BCUT2D eigenvalue weighted by molar-refractivity contribution is 0.221. The van der Waals surface area contributed by atoms with Crippen LogP contribution in [0.4, 0.5) is 0 Å². The summed E-state index contributed by atoms with van der Waals surface area (Å²) in [7, 11) is -3.15. The average molecular weight is 538 g/mol. The van der Waals surface area contributed by atoms with Crippen molar-refractivity contribution in [1.82, 2.24) is 20.3 Å². The van der Waals surface area contributed by atoms with Gasteiger partial charge < -0.3 is 10.6 Å². The maximum atomic E-state index is 11.4. The van der Waals surface area contributed by atoms with Crippen molar-refractivity contribution in [2.45, 2.75) is 46.2 Å². The summed E-state index contributed by atoms with van der Waals surface area (Å²) in [6, 6.07) is 8.67. The van der Waals surface area contributed by atoms with Gasteiger partial charge in [0.25, 0.3) is 0 Å². The van der Waals surface area contributed by atoms with Crippen LogP contribution in [-0.4, -0.2) is 57.8 Å². The molecule has 0 amide bonds. The SMILES string of the molecule is CCNC(=NCc1ccc(CN2CCCCC2)cc1)NCCNS(=O)(=O)CC.I. The molecule has 9 heteroatoms. The molecule has 0 aliphatic carbocycles. The van der Waals surface area contributed by atoms with Crippen LogP contribution in [-0.2, 0) is 23.1 Å². The number of hydrogen-bond acceptors (Lipinski definition) is 4. The summed E-state index contributed by atoms with van der Waals surface area (Å²) in [5.41, 5.74) is 2.51. The van der Waals surface area contributed by atoms with Crippen molar-refractivity contribution in [3.63, 3.8) is 0 Å². The lowest BCUT2D eigenvalue weighted by Crippen LogP contribution is -2.41. The summed E-state index contributed by atoms with van der Waals surface area (Å²) in [6.07, 6.45) is 3.99. The van der Waals surface area contributed by atoms with E-state index in [0.29, 0.717) is 25.6 Å². The van der Waals surface area contributed by atoms with Crippen LogP contribution in [0.25, 0.3) is 0 Å². The maximum Gasteiger partial charge on any atom is 0.211 e. The Bertz CT molecular complexity index is 704. The van der Waals surface area contributed by atoms with E-state index in [4.69, 9.17) is 0 Å². The minimum absolute atomic E-state index is 0.